The summed E-state index contributed by atoms with van der Waals surface area (Å²) in [6.07, 6.45) is 3.94. The fourth-order valence-electron chi connectivity index (χ4n) is 2.05. The molecule has 3 heteroatoms. The average molecular weight is 249 g/mol. The first-order chi connectivity index (χ1) is 8.19. The van der Waals surface area contributed by atoms with Gasteiger partial charge in [0.25, 0.3) is 0 Å². The van der Waals surface area contributed by atoms with Gasteiger partial charge < -0.3 is 5.32 Å². The highest BCUT2D eigenvalue weighted by atomic mass is 35.5. The fraction of sp³-hybridized carbons (Fsp3) is 0.500. The molecule has 0 aliphatic heterocycles. The maximum absolute atomic E-state index is 8.75. The normalized spacial score (nSPS) is 16.5. The number of benzene rings is 1. The van der Waals surface area contributed by atoms with E-state index in [4.69, 9.17) is 16.9 Å². The molecule has 1 aromatic rings. The molecule has 0 unspecified atom stereocenters. The molecule has 1 aromatic carbocycles. The molecule has 0 atom stereocenters. The van der Waals surface area contributed by atoms with Gasteiger partial charge in [-0.25, -0.2) is 0 Å². The van der Waals surface area contributed by atoms with Crippen molar-refractivity contribution in [3.63, 3.8) is 0 Å². The molecule has 0 spiro atoms. The number of halogens is 1. The van der Waals surface area contributed by atoms with E-state index in [1.54, 1.807) is 6.07 Å². The predicted octanol–water partition coefficient (Wildman–Crippen LogP) is 3.49. The highest BCUT2D eigenvalue weighted by Crippen LogP contribution is 2.47. The summed E-state index contributed by atoms with van der Waals surface area (Å²) in [7, 11) is 0. The summed E-state index contributed by atoms with van der Waals surface area (Å²) in [6, 6.07) is 7.56. The van der Waals surface area contributed by atoms with Crippen molar-refractivity contribution in [3.8, 4) is 6.07 Å². The summed E-state index contributed by atoms with van der Waals surface area (Å²) < 4.78 is 0. The van der Waals surface area contributed by atoms with Crippen LogP contribution in [0.4, 0.5) is 0 Å². The molecule has 0 bridgehead atoms. The van der Waals surface area contributed by atoms with E-state index in [2.05, 4.69) is 18.3 Å². The Morgan fingerprint density at radius 2 is 2.24 bits per heavy atom. The van der Waals surface area contributed by atoms with E-state index < -0.39 is 0 Å². The van der Waals surface area contributed by atoms with Gasteiger partial charge in [0, 0.05) is 18.1 Å². The topological polar surface area (TPSA) is 35.8 Å². The minimum absolute atomic E-state index is 0.555. The van der Waals surface area contributed by atoms with Gasteiger partial charge in [0.2, 0.25) is 0 Å². The summed E-state index contributed by atoms with van der Waals surface area (Å²) in [5, 5.41) is 12.9. The highest BCUT2D eigenvalue weighted by Gasteiger charge is 2.39. The van der Waals surface area contributed by atoms with Gasteiger partial charge in [-0.2, -0.15) is 5.26 Å². The molecule has 0 radical (unpaired) electrons. The standard InChI is InChI=1S/C14H17ClN2/c1-2-14(5-6-14)10-17-9-12-4-3-11(8-16)7-13(12)15/h3-4,7,17H,2,5-6,9-10H2,1H3. The molecule has 1 N–H and O–H groups in total. The Kier molecular flexibility index (Phi) is 3.71. The lowest BCUT2D eigenvalue weighted by atomic mass is 10.0. The SMILES string of the molecule is CCC1(CNCc2ccc(C#N)cc2Cl)CC1. The van der Waals surface area contributed by atoms with Gasteiger partial charge in [0.05, 0.1) is 11.6 Å². The highest BCUT2D eigenvalue weighted by molar-refractivity contribution is 6.31. The maximum atomic E-state index is 8.75. The van der Waals surface area contributed by atoms with E-state index in [-0.39, 0.29) is 0 Å². The molecule has 17 heavy (non-hydrogen) atoms. The largest absolute Gasteiger partial charge is 0.312 e. The Morgan fingerprint density at radius 3 is 2.76 bits per heavy atom. The van der Waals surface area contributed by atoms with Crippen LogP contribution < -0.4 is 5.32 Å². The monoisotopic (exact) mass is 248 g/mol. The average Bonchev–Trinajstić information content (AvgIpc) is 3.12. The van der Waals surface area contributed by atoms with Crippen LogP contribution in [0.3, 0.4) is 0 Å². The molecule has 0 aromatic heterocycles. The summed E-state index contributed by atoms with van der Waals surface area (Å²) in [6.45, 7) is 4.11. The van der Waals surface area contributed by atoms with Crippen molar-refractivity contribution in [2.75, 3.05) is 6.54 Å². The van der Waals surface area contributed by atoms with Gasteiger partial charge in [0.15, 0.2) is 0 Å². The van der Waals surface area contributed by atoms with Crippen LogP contribution >= 0.6 is 11.6 Å². The molecule has 2 nitrogen and oxygen atoms in total. The third-order valence-corrected chi connectivity index (χ3v) is 4.06. The number of nitriles is 1. The molecule has 2 rings (SSSR count). The summed E-state index contributed by atoms with van der Waals surface area (Å²) in [5.41, 5.74) is 2.24. The van der Waals surface area contributed by atoms with Crippen molar-refractivity contribution in [1.82, 2.24) is 5.32 Å². The Balaban J connectivity index is 1.89. The van der Waals surface area contributed by atoms with Gasteiger partial charge in [-0.15, -0.1) is 0 Å². The zero-order valence-corrected chi connectivity index (χ0v) is 10.8. The second-order valence-corrected chi connectivity index (χ2v) is 5.28. The van der Waals surface area contributed by atoms with Crippen LogP contribution in [0.25, 0.3) is 0 Å². The molecular formula is C14H17ClN2. The lowest BCUT2D eigenvalue weighted by molar-refractivity contribution is 0.443. The first-order valence-electron chi connectivity index (χ1n) is 6.08. The van der Waals surface area contributed by atoms with E-state index in [0.717, 1.165) is 18.7 Å². The van der Waals surface area contributed by atoms with Gasteiger partial charge >= 0.3 is 0 Å². The third-order valence-electron chi connectivity index (χ3n) is 3.70. The van der Waals surface area contributed by atoms with Crippen molar-refractivity contribution < 1.29 is 0 Å². The molecule has 1 aliphatic carbocycles. The van der Waals surface area contributed by atoms with Crippen LogP contribution in [-0.2, 0) is 6.54 Å². The fourth-order valence-corrected chi connectivity index (χ4v) is 2.30. The van der Waals surface area contributed by atoms with E-state index in [1.165, 1.54) is 19.3 Å². The lowest BCUT2D eigenvalue weighted by Crippen LogP contribution is -2.23. The second-order valence-electron chi connectivity index (χ2n) is 4.88. The van der Waals surface area contributed by atoms with Crippen molar-refractivity contribution in [2.24, 2.45) is 5.41 Å². The molecule has 0 heterocycles. The summed E-state index contributed by atoms with van der Waals surface area (Å²) in [5.74, 6) is 0. The van der Waals surface area contributed by atoms with Crippen LogP contribution in [0.2, 0.25) is 5.02 Å². The van der Waals surface area contributed by atoms with E-state index in [9.17, 15) is 0 Å². The Labute approximate surface area is 108 Å². The van der Waals surface area contributed by atoms with Crippen molar-refractivity contribution >= 4 is 11.6 Å². The van der Waals surface area contributed by atoms with E-state index in [0.29, 0.717) is 16.0 Å². The quantitative estimate of drug-likeness (QED) is 0.866. The molecule has 90 valence electrons. The Morgan fingerprint density at radius 1 is 1.47 bits per heavy atom. The lowest BCUT2D eigenvalue weighted by Gasteiger charge is -2.14. The molecule has 1 saturated carbocycles. The van der Waals surface area contributed by atoms with Crippen LogP contribution in [-0.4, -0.2) is 6.54 Å². The number of nitrogens with zero attached hydrogens (tertiary/aromatic N) is 1. The zero-order valence-electron chi connectivity index (χ0n) is 10.1. The predicted molar refractivity (Wildman–Crippen MR) is 69.8 cm³/mol. The smallest absolute Gasteiger partial charge is 0.0992 e. The summed E-state index contributed by atoms with van der Waals surface area (Å²) in [4.78, 5) is 0. The van der Waals surface area contributed by atoms with Gasteiger partial charge in [-0.05, 0) is 42.4 Å². The molecule has 1 fully saturated rings. The van der Waals surface area contributed by atoms with Crippen LogP contribution in [0, 0.1) is 16.7 Å². The molecular weight excluding hydrogens is 232 g/mol. The number of hydrogen-bond donors (Lipinski definition) is 1. The Hall–Kier alpha value is -1.04. The maximum Gasteiger partial charge on any atom is 0.0992 e. The first kappa shape index (κ1) is 12.4. The van der Waals surface area contributed by atoms with Crippen LogP contribution in [0.5, 0.6) is 0 Å². The van der Waals surface area contributed by atoms with Crippen molar-refractivity contribution in [2.45, 2.75) is 32.7 Å². The van der Waals surface area contributed by atoms with Crippen LogP contribution in [0.15, 0.2) is 18.2 Å². The number of hydrogen-bond acceptors (Lipinski definition) is 2. The van der Waals surface area contributed by atoms with Gasteiger partial charge in [0.1, 0.15) is 0 Å². The van der Waals surface area contributed by atoms with Gasteiger partial charge in [-0.3, -0.25) is 0 Å². The number of nitrogens with one attached hydrogen (secondary N) is 1. The zero-order chi connectivity index (χ0) is 12.3. The molecule has 0 amide bonds. The number of rotatable bonds is 5. The van der Waals surface area contributed by atoms with E-state index in [1.807, 2.05) is 12.1 Å². The third kappa shape index (κ3) is 3.00. The minimum atomic E-state index is 0.555. The van der Waals surface area contributed by atoms with E-state index >= 15 is 0 Å². The van der Waals surface area contributed by atoms with Gasteiger partial charge in [-0.1, -0.05) is 24.6 Å². The van der Waals surface area contributed by atoms with Crippen LogP contribution in [0.1, 0.15) is 37.3 Å². The Bertz CT molecular complexity index is 444. The minimum Gasteiger partial charge on any atom is -0.312 e. The van der Waals surface area contributed by atoms with Crippen molar-refractivity contribution in [1.29, 1.82) is 5.26 Å². The van der Waals surface area contributed by atoms with Crippen molar-refractivity contribution in [3.05, 3.63) is 34.3 Å². The summed E-state index contributed by atoms with van der Waals surface area (Å²) >= 11 is 6.12. The first-order valence-corrected chi connectivity index (χ1v) is 6.46. The second kappa shape index (κ2) is 5.08. The molecule has 1 aliphatic rings. The molecule has 0 saturated heterocycles.